The fraction of sp³-hybridized carbons (Fsp3) is 0.316. The van der Waals surface area contributed by atoms with E-state index in [0.717, 1.165) is 11.1 Å². The summed E-state index contributed by atoms with van der Waals surface area (Å²) >= 11 is 0. The molecule has 0 radical (unpaired) electrons. The van der Waals surface area contributed by atoms with E-state index in [0.29, 0.717) is 0 Å². The Morgan fingerprint density at radius 1 is 1.04 bits per heavy atom. The van der Waals surface area contributed by atoms with Gasteiger partial charge in [-0.15, -0.1) is 0 Å². The molecule has 0 spiro atoms. The van der Waals surface area contributed by atoms with Crippen LogP contribution in [0.5, 0.6) is 0 Å². The number of ether oxygens (including phenoxy) is 1. The molecule has 0 amide bonds. The van der Waals surface area contributed by atoms with E-state index in [-0.39, 0.29) is 25.6 Å². The third kappa shape index (κ3) is 4.41. The first kappa shape index (κ1) is 17.2. The summed E-state index contributed by atoms with van der Waals surface area (Å²) in [5.41, 5.74) is 0.232. The van der Waals surface area contributed by atoms with E-state index in [1.165, 1.54) is 6.92 Å². The van der Waals surface area contributed by atoms with Crippen LogP contribution in [-0.4, -0.2) is 29.4 Å². The molecular formula is C19H22O4. The number of rotatable bonds is 7. The molecule has 2 aromatic rings. The fourth-order valence-electron chi connectivity index (χ4n) is 2.66. The molecule has 0 saturated heterocycles. The van der Waals surface area contributed by atoms with Gasteiger partial charge in [0, 0.05) is 19.4 Å². The third-order valence-electron chi connectivity index (χ3n) is 3.87. The van der Waals surface area contributed by atoms with E-state index in [1.54, 1.807) is 0 Å². The number of aliphatic hydroxyl groups excluding tert-OH is 1. The molecule has 0 aromatic heterocycles. The molecule has 2 N–H and O–H groups in total. The van der Waals surface area contributed by atoms with E-state index in [9.17, 15) is 15.0 Å². The largest absolute Gasteiger partial charge is 0.465 e. The molecule has 0 saturated carbocycles. The van der Waals surface area contributed by atoms with Crippen LogP contribution in [0.1, 0.15) is 24.5 Å². The van der Waals surface area contributed by atoms with E-state index < -0.39 is 11.6 Å². The van der Waals surface area contributed by atoms with E-state index in [1.807, 2.05) is 60.7 Å². The normalized spacial score (nSPS) is 12.7. The summed E-state index contributed by atoms with van der Waals surface area (Å²) in [7, 11) is 0. The number of benzene rings is 2. The van der Waals surface area contributed by atoms with Crippen molar-refractivity contribution in [2.24, 2.45) is 5.92 Å². The van der Waals surface area contributed by atoms with Gasteiger partial charge in [0.05, 0.1) is 6.61 Å². The van der Waals surface area contributed by atoms with Crippen LogP contribution in [0, 0.1) is 5.92 Å². The quantitative estimate of drug-likeness (QED) is 0.771. The lowest BCUT2D eigenvalue weighted by Gasteiger charge is -2.32. The van der Waals surface area contributed by atoms with Gasteiger partial charge < -0.3 is 14.9 Å². The maximum Gasteiger partial charge on any atom is 0.302 e. The summed E-state index contributed by atoms with van der Waals surface area (Å²) in [6.45, 7) is 1.23. The average molecular weight is 314 g/mol. The van der Waals surface area contributed by atoms with Crippen molar-refractivity contribution in [3.63, 3.8) is 0 Å². The predicted octanol–water partition coefficient (Wildman–Crippen LogP) is 2.48. The van der Waals surface area contributed by atoms with Crippen LogP contribution < -0.4 is 0 Å². The average Bonchev–Trinajstić information content (AvgIpc) is 2.59. The standard InChI is InChI=1S/C19H22O4/c1-15(21)23-14-16(13-20)12-19(22,17-8-4-2-5-9-17)18-10-6-3-7-11-18/h2-11,16,20,22H,12-14H2,1H3. The minimum atomic E-state index is -1.25. The van der Waals surface area contributed by atoms with Gasteiger partial charge in [0.25, 0.3) is 0 Å². The number of hydrogen-bond acceptors (Lipinski definition) is 4. The number of hydrogen-bond donors (Lipinski definition) is 2. The molecule has 1 unspecified atom stereocenters. The van der Waals surface area contributed by atoms with Gasteiger partial charge in [-0.1, -0.05) is 60.7 Å². The second-order valence-corrected chi connectivity index (χ2v) is 5.65. The summed E-state index contributed by atoms with van der Waals surface area (Å²) in [4.78, 5) is 11.0. The molecule has 1 atom stereocenters. The van der Waals surface area contributed by atoms with Crippen molar-refractivity contribution in [2.45, 2.75) is 18.9 Å². The number of aliphatic hydroxyl groups is 2. The first-order valence-electron chi connectivity index (χ1n) is 7.64. The smallest absolute Gasteiger partial charge is 0.302 e. The molecule has 4 heteroatoms. The Kier molecular flexibility index (Phi) is 5.90. The molecule has 0 aliphatic rings. The summed E-state index contributed by atoms with van der Waals surface area (Å²) in [6.07, 6.45) is 0.255. The van der Waals surface area contributed by atoms with Crippen molar-refractivity contribution >= 4 is 5.97 Å². The highest BCUT2D eigenvalue weighted by Crippen LogP contribution is 2.35. The van der Waals surface area contributed by atoms with Crippen molar-refractivity contribution in [3.8, 4) is 0 Å². The molecule has 0 heterocycles. The summed E-state index contributed by atoms with van der Waals surface area (Å²) in [5.74, 6) is -0.754. The van der Waals surface area contributed by atoms with Crippen LogP contribution in [0.15, 0.2) is 60.7 Å². The zero-order valence-corrected chi connectivity index (χ0v) is 13.2. The van der Waals surface area contributed by atoms with Crippen LogP contribution in [0.3, 0.4) is 0 Å². The van der Waals surface area contributed by atoms with Crippen LogP contribution in [0.25, 0.3) is 0 Å². The Hall–Kier alpha value is -2.17. The lowest BCUT2D eigenvalue weighted by molar-refractivity contribution is -0.143. The van der Waals surface area contributed by atoms with Gasteiger partial charge in [0.1, 0.15) is 5.60 Å². The molecule has 2 rings (SSSR count). The van der Waals surface area contributed by atoms with Crippen molar-refractivity contribution in [3.05, 3.63) is 71.8 Å². The first-order valence-corrected chi connectivity index (χ1v) is 7.64. The Morgan fingerprint density at radius 3 is 1.91 bits per heavy atom. The third-order valence-corrected chi connectivity index (χ3v) is 3.87. The monoisotopic (exact) mass is 314 g/mol. The minimum Gasteiger partial charge on any atom is -0.465 e. The fourth-order valence-corrected chi connectivity index (χ4v) is 2.66. The molecule has 0 bridgehead atoms. The topological polar surface area (TPSA) is 66.8 Å². The van der Waals surface area contributed by atoms with Gasteiger partial charge >= 0.3 is 5.97 Å². The van der Waals surface area contributed by atoms with E-state index in [2.05, 4.69) is 0 Å². The van der Waals surface area contributed by atoms with Crippen LogP contribution in [0.2, 0.25) is 0 Å². The van der Waals surface area contributed by atoms with Crippen molar-refractivity contribution < 1.29 is 19.7 Å². The van der Waals surface area contributed by atoms with E-state index >= 15 is 0 Å². The summed E-state index contributed by atoms with van der Waals surface area (Å²) in [6, 6.07) is 18.6. The molecule has 0 fully saturated rings. The Labute approximate surface area is 136 Å². The summed E-state index contributed by atoms with van der Waals surface area (Å²) < 4.78 is 5.00. The molecule has 0 aliphatic carbocycles. The maximum atomic E-state index is 11.4. The van der Waals surface area contributed by atoms with Gasteiger partial charge in [0.15, 0.2) is 0 Å². The van der Waals surface area contributed by atoms with Crippen LogP contribution >= 0.6 is 0 Å². The van der Waals surface area contributed by atoms with Gasteiger partial charge in [-0.25, -0.2) is 0 Å². The molecular weight excluding hydrogens is 292 g/mol. The Balaban J connectivity index is 2.32. The molecule has 2 aromatic carbocycles. The Morgan fingerprint density at radius 2 is 1.52 bits per heavy atom. The lowest BCUT2D eigenvalue weighted by atomic mass is 9.79. The van der Waals surface area contributed by atoms with Crippen LogP contribution in [0.4, 0.5) is 0 Å². The van der Waals surface area contributed by atoms with E-state index in [4.69, 9.17) is 4.74 Å². The number of carbonyl (C=O) groups excluding carboxylic acids is 1. The SMILES string of the molecule is CC(=O)OCC(CO)CC(O)(c1ccccc1)c1ccccc1. The predicted molar refractivity (Wildman–Crippen MR) is 87.7 cm³/mol. The molecule has 122 valence electrons. The number of carbonyl (C=O) groups is 1. The molecule has 23 heavy (non-hydrogen) atoms. The van der Waals surface area contributed by atoms with Crippen molar-refractivity contribution in [2.75, 3.05) is 13.2 Å². The zero-order chi connectivity index (χ0) is 16.7. The summed E-state index contributed by atoms with van der Waals surface area (Å²) in [5, 5.41) is 21.0. The first-order chi connectivity index (χ1) is 11.1. The van der Waals surface area contributed by atoms with Gasteiger partial charge in [0.2, 0.25) is 0 Å². The highest BCUT2D eigenvalue weighted by Gasteiger charge is 2.34. The zero-order valence-electron chi connectivity index (χ0n) is 13.2. The highest BCUT2D eigenvalue weighted by molar-refractivity contribution is 5.65. The van der Waals surface area contributed by atoms with Crippen molar-refractivity contribution in [1.82, 2.24) is 0 Å². The second-order valence-electron chi connectivity index (χ2n) is 5.65. The second kappa shape index (κ2) is 7.90. The molecule has 0 aliphatic heterocycles. The maximum absolute atomic E-state index is 11.4. The van der Waals surface area contributed by atoms with Crippen molar-refractivity contribution in [1.29, 1.82) is 0 Å². The van der Waals surface area contributed by atoms with Gasteiger partial charge in [-0.05, 0) is 17.5 Å². The van der Waals surface area contributed by atoms with Crippen LogP contribution in [-0.2, 0) is 15.1 Å². The van der Waals surface area contributed by atoms with Gasteiger partial charge in [-0.2, -0.15) is 0 Å². The van der Waals surface area contributed by atoms with Gasteiger partial charge in [-0.3, -0.25) is 4.79 Å². The number of esters is 1. The minimum absolute atomic E-state index is 0.0772. The Bertz CT molecular complexity index is 570. The molecule has 4 nitrogen and oxygen atoms in total. The lowest BCUT2D eigenvalue weighted by Crippen LogP contribution is -2.33. The highest BCUT2D eigenvalue weighted by atomic mass is 16.5.